The summed E-state index contributed by atoms with van der Waals surface area (Å²) in [5.74, 6) is -4.02. The number of carbonyl (C=O) groups is 3. The Kier molecular flexibility index (Phi) is 4.38. The molecule has 0 aromatic rings. The minimum absolute atomic E-state index is 0.197. The van der Waals surface area contributed by atoms with Crippen LogP contribution in [0.5, 0.6) is 0 Å². The first-order valence-corrected chi connectivity index (χ1v) is 5.43. The van der Waals surface area contributed by atoms with Crippen LogP contribution in [0.25, 0.3) is 0 Å². The predicted molar refractivity (Wildman–Crippen MR) is 55.9 cm³/mol. The number of carbonyl (C=O) groups excluding carboxylic acids is 2. The number of carboxylic acid groups (broad SMARTS) is 1. The molecule has 0 heterocycles. The van der Waals surface area contributed by atoms with Crippen LogP contribution in [0.2, 0.25) is 0 Å². The fourth-order valence-electron chi connectivity index (χ4n) is 1.57. The van der Waals surface area contributed by atoms with Gasteiger partial charge in [0.25, 0.3) is 0 Å². The molecular weight excluding hydrogens is 269 g/mol. The summed E-state index contributed by atoms with van der Waals surface area (Å²) < 4.78 is 35.5. The molecule has 0 unspecified atom stereocenters. The summed E-state index contributed by atoms with van der Waals surface area (Å²) in [5.41, 5.74) is 0. The number of nitrogens with one attached hydrogen (secondary N) is 1. The van der Waals surface area contributed by atoms with Gasteiger partial charge in [-0.1, -0.05) is 0 Å². The number of hydrogen-bond donors (Lipinski definition) is 2. The molecule has 0 aliphatic heterocycles. The van der Waals surface area contributed by atoms with Gasteiger partial charge in [-0.2, -0.15) is 13.2 Å². The first-order valence-electron chi connectivity index (χ1n) is 5.43. The van der Waals surface area contributed by atoms with Crippen molar-refractivity contribution >= 4 is 17.8 Å². The highest BCUT2D eigenvalue weighted by Crippen LogP contribution is 2.39. The number of alkyl halides is 3. The summed E-state index contributed by atoms with van der Waals surface area (Å²) >= 11 is 0. The van der Waals surface area contributed by atoms with Crippen LogP contribution in [0, 0.1) is 11.8 Å². The Balaban J connectivity index is 2.35. The van der Waals surface area contributed by atoms with E-state index in [1.807, 2.05) is 0 Å². The lowest BCUT2D eigenvalue weighted by molar-refractivity contribution is -0.144. The Morgan fingerprint density at radius 1 is 1.32 bits per heavy atom. The number of halogens is 3. The molecule has 6 nitrogen and oxygen atoms in total. The zero-order valence-corrected chi connectivity index (χ0v) is 10.0. The largest absolute Gasteiger partial charge is 0.481 e. The molecule has 0 saturated heterocycles. The highest BCUT2D eigenvalue weighted by molar-refractivity contribution is 5.91. The standard InChI is InChI=1S/C10H13F3N2O4/c1-15(3-7(16)14-4-10(11,12)13)8(17)5-2-6(5)9(18)19/h5-6H,2-4H2,1H3,(H,14,16)(H,18,19)/t5-,6+/m1/s1. The summed E-state index contributed by atoms with van der Waals surface area (Å²) in [6.45, 7) is -1.99. The van der Waals surface area contributed by atoms with E-state index in [0.29, 0.717) is 0 Å². The summed E-state index contributed by atoms with van der Waals surface area (Å²) in [6, 6.07) is 0. The zero-order valence-electron chi connectivity index (χ0n) is 10.0. The van der Waals surface area contributed by atoms with Crippen molar-refractivity contribution in [3.05, 3.63) is 0 Å². The zero-order chi connectivity index (χ0) is 14.8. The average Bonchev–Trinajstić information content (AvgIpc) is 3.04. The van der Waals surface area contributed by atoms with Gasteiger partial charge in [-0.05, 0) is 6.42 Å². The van der Waals surface area contributed by atoms with Gasteiger partial charge in [-0.25, -0.2) is 0 Å². The van der Waals surface area contributed by atoms with E-state index < -0.39 is 48.9 Å². The fraction of sp³-hybridized carbons (Fsp3) is 0.700. The van der Waals surface area contributed by atoms with Crippen LogP contribution >= 0.6 is 0 Å². The molecule has 108 valence electrons. The molecule has 0 aromatic heterocycles. The van der Waals surface area contributed by atoms with Gasteiger partial charge in [-0.15, -0.1) is 0 Å². The molecule has 1 fully saturated rings. The van der Waals surface area contributed by atoms with E-state index in [1.165, 1.54) is 7.05 Å². The predicted octanol–water partition coefficient (Wildman–Crippen LogP) is -0.156. The molecule has 1 saturated carbocycles. The van der Waals surface area contributed by atoms with E-state index in [9.17, 15) is 27.6 Å². The van der Waals surface area contributed by atoms with Crippen LogP contribution < -0.4 is 5.32 Å². The number of rotatable bonds is 5. The van der Waals surface area contributed by atoms with E-state index in [2.05, 4.69) is 0 Å². The molecule has 0 aromatic carbocycles. The third-order valence-electron chi connectivity index (χ3n) is 2.67. The van der Waals surface area contributed by atoms with E-state index in [0.717, 1.165) is 4.90 Å². The summed E-state index contributed by atoms with van der Waals surface area (Å²) in [7, 11) is 1.24. The lowest BCUT2D eigenvalue weighted by Gasteiger charge is -2.17. The van der Waals surface area contributed by atoms with Crippen LogP contribution in [0.15, 0.2) is 0 Å². The number of amides is 2. The molecule has 1 rings (SSSR count). The Morgan fingerprint density at radius 2 is 1.89 bits per heavy atom. The summed E-state index contributed by atoms with van der Waals surface area (Å²) in [4.78, 5) is 34.2. The second-order valence-electron chi connectivity index (χ2n) is 4.37. The minimum Gasteiger partial charge on any atom is -0.481 e. The van der Waals surface area contributed by atoms with Crippen molar-refractivity contribution in [1.29, 1.82) is 0 Å². The first-order chi connectivity index (χ1) is 8.61. The molecule has 0 spiro atoms. The molecule has 2 N–H and O–H groups in total. The van der Waals surface area contributed by atoms with Crippen molar-refractivity contribution < 1.29 is 32.7 Å². The molecule has 2 amide bonds. The normalized spacial score (nSPS) is 21.7. The Morgan fingerprint density at radius 3 is 2.32 bits per heavy atom. The van der Waals surface area contributed by atoms with Crippen molar-refractivity contribution in [3.63, 3.8) is 0 Å². The molecular formula is C10H13F3N2O4. The van der Waals surface area contributed by atoms with Crippen molar-refractivity contribution in [2.24, 2.45) is 11.8 Å². The van der Waals surface area contributed by atoms with Gasteiger partial charge < -0.3 is 15.3 Å². The van der Waals surface area contributed by atoms with Gasteiger partial charge in [0.1, 0.15) is 6.54 Å². The molecule has 9 heteroatoms. The fourth-order valence-corrected chi connectivity index (χ4v) is 1.57. The van der Waals surface area contributed by atoms with Crippen molar-refractivity contribution in [2.75, 3.05) is 20.1 Å². The Bertz CT molecular complexity index is 397. The lowest BCUT2D eigenvalue weighted by atomic mass is 10.3. The SMILES string of the molecule is CN(CC(=O)NCC(F)(F)F)C(=O)[C@@H]1C[C@@H]1C(=O)O. The first kappa shape index (κ1) is 15.3. The Hall–Kier alpha value is -1.80. The molecule has 0 radical (unpaired) electrons. The second kappa shape index (κ2) is 5.45. The number of hydrogen-bond acceptors (Lipinski definition) is 3. The molecule has 1 aliphatic carbocycles. The molecule has 0 bridgehead atoms. The van der Waals surface area contributed by atoms with Crippen LogP contribution in [0.3, 0.4) is 0 Å². The number of aliphatic carboxylic acids is 1. The third-order valence-corrected chi connectivity index (χ3v) is 2.67. The molecule has 19 heavy (non-hydrogen) atoms. The van der Waals surface area contributed by atoms with E-state index >= 15 is 0 Å². The van der Waals surface area contributed by atoms with Gasteiger partial charge in [0.05, 0.1) is 18.4 Å². The van der Waals surface area contributed by atoms with Crippen molar-refractivity contribution in [3.8, 4) is 0 Å². The van der Waals surface area contributed by atoms with Gasteiger partial charge in [0.15, 0.2) is 0 Å². The third kappa shape index (κ3) is 4.76. The monoisotopic (exact) mass is 282 g/mol. The van der Waals surface area contributed by atoms with Gasteiger partial charge in [0.2, 0.25) is 11.8 Å². The second-order valence-corrected chi connectivity index (χ2v) is 4.37. The number of likely N-dealkylation sites (N-methyl/N-ethyl adjacent to an activating group) is 1. The summed E-state index contributed by atoms with van der Waals surface area (Å²) in [6.07, 6.45) is -4.31. The molecule has 2 atom stereocenters. The maximum Gasteiger partial charge on any atom is 0.405 e. The summed E-state index contributed by atoms with van der Waals surface area (Å²) in [5, 5.41) is 10.3. The topological polar surface area (TPSA) is 86.7 Å². The quantitative estimate of drug-likeness (QED) is 0.734. The van der Waals surface area contributed by atoms with Crippen LogP contribution in [-0.2, 0) is 14.4 Å². The average molecular weight is 282 g/mol. The number of nitrogens with zero attached hydrogens (tertiary/aromatic N) is 1. The van der Waals surface area contributed by atoms with E-state index in [4.69, 9.17) is 5.11 Å². The minimum atomic E-state index is -4.51. The number of carboxylic acids is 1. The van der Waals surface area contributed by atoms with E-state index in [-0.39, 0.29) is 6.42 Å². The highest BCUT2D eigenvalue weighted by Gasteiger charge is 2.49. The van der Waals surface area contributed by atoms with Gasteiger partial charge in [-0.3, -0.25) is 14.4 Å². The smallest absolute Gasteiger partial charge is 0.405 e. The van der Waals surface area contributed by atoms with Crippen LogP contribution in [-0.4, -0.2) is 54.1 Å². The maximum atomic E-state index is 11.8. The van der Waals surface area contributed by atoms with Crippen molar-refractivity contribution in [2.45, 2.75) is 12.6 Å². The van der Waals surface area contributed by atoms with E-state index in [1.54, 1.807) is 5.32 Å². The van der Waals surface area contributed by atoms with Crippen LogP contribution in [0.1, 0.15) is 6.42 Å². The highest BCUT2D eigenvalue weighted by atomic mass is 19.4. The van der Waals surface area contributed by atoms with Gasteiger partial charge >= 0.3 is 12.1 Å². The molecule has 1 aliphatic rings. The lowest BCUT2D eigenvalue weighted by Crippen LogP contribution is -2.42. The van der Waals surface area contributed by atoms with Crippen LogP contribution in [0.4, 0.5) is 13.2 Å². The maximum absolute atomic E-state index is 11.8. The van der Waals surface area contributed by atoms with Gasteiger partial charge in [0, 0.05) is 7.05 Å². The van der Waals surface area contributed by atoms with Crippen molar-refractivity contribution in [1.82, 2.24) is 10.2 Å². The Labute approximate surface area is 106 Å².